The Morgan fingerprint density at radius 2 is 2.13 bits per heavy atom. The molecule has 0 bridgehead atoms. The van der Waals surface area contributed by atoms with Crippen molar-refractivity contribution in [3.05, 3.63) is 36.0 Å². The molecule has 0 aliphatic carbocycles. The quantitative estimate of drug-likeness (QED) is 0.743. The summed E-state index contributed by atoms with van der Waals surface area (Å²) >= 11 is 0. The first-order valence-electron chi connectivity index (χ1n) is 4.69. The van der Waals surface area contributed by atoms with Crippen molar-refractivity contribution in [2.45, 2.75) is 13.3 Å². The molecule has 1 aromatic heterocycles. The summed E-state index contributed by atoms with van der Waals surface area (Å²) in [6.07, 6.45) is 3.78. The van der Waals surface area contributed by atoms with Crippen molar-refractivity contribution in [3.8, 4) is 0 Å². The Bertz CT molecular complexity index is 525. The summed E-state index contributed by atoms with van der Waals surface area (Å²) < 4.78 is 1.56. The summed E-state index contributed by atoms with van der Waals surface area (Å²) in [5.41, 5.74) is 1.69. The molecule has 0 saturated carbocycles. The van der Waals surface area contributed by atoms with Crippen LogP contribution in [0.4, 0.5) is 0 Å². The molecule has 0 amide bonds. The first-order chi connectivity index (χ1) is 7.24. The normalized spacial score (nSPS) is 10.5. The van der Waals surface area contributed by atoms with Gasteiger partial charge < -0.3 is 0 Å². The van der Waals surface area contributed by atoms with Crippen LogP contribution in [0.2, 0.25) is 0 Å². The highest BCUT2D eigenvalue weighted by atomic mass is 16.1. The molecule has 3 heteroatoms. The molecule has 0 fully saturated rings. The van der Waals surface area contributed by atoms with Crippen molar-refractivity contribution in [1.82, 2.24) is 4.57 Å². The van der Waals surface area contributed by atoms with Gasteiger partial charge in [-0.25, -0.2) is 0 Å². The smallest absolute Gasteiger partial charge is 0.227 e. The summed E-state index contributed by atoms with van der Waals surface area (Å²) in [6.45, 7) is 1.50. The lowest BCUT2D eigenvalue weighted by Crippen LogP contribution is -2.02. The Hall–Kier alpha value is -1.90. The second-order valence-corrected chi connectivity index (χ2v) is 3.38. The van der Waals surface area contributed by atoms with E-state index in [1.165, 1.54) is 6.92 Å². The maximum absolute atomic E-state index is 11.3. The van der Waals surface area contributed by atoms with E-state index >= 15 is 0 Å². The molecule has 15 heavy (non-hydrogen) atoms. The number of carbonyl (C=O) groups is 1. The molecule has 1 radical (unpaired) electrons. The van der Waals surface area contributed by atoms with Crippen LogP contribution in [0, 0.1) is 0 Å². The fraction of sp³-hybridized carbons (Fsp3) is 0.167. The van der Waals surface area contributed by atoms with Gasteiger partial charge in [-0.05, 0) is 11.6 Å². The molecule has 0 N–H and O–H groups in total. The summed E-state index contributed by atoms with van der Waals surface area (Å²) in [5.74, 6) is -0.0525. The molecule has 0 atom stereocenters. The van der Waals surface area contributed by atoms with Crippen molar-refractivity contribution >= 4 is 23.1 Å². The molecule has 1 aromatic carbocycles. The van der Waals surface area contributed by atoms with E-state index in [2.05, 4.69) is 0 Å². The zero-order chi connectivity index (χ0) is 10.8. The predicted octanol–water partition coefficient (Wildman–Crippen LogP) is 1.95. The van der Waals surface area contributed by atoms with Gasteiger partial charge in [0.15, 0.2) is 0 Å². The minimum atomic E-state index is -0.0525. The minimum Gasteiger partial charge on any atom is -0.291 e. The standard InChI is InChI=1S/C12H10NO2/c1-9(15)13-8-10(6-7-14)11-4-2-3-5-12(11)13/h2-5,8H,6H2,1H3. The molecule has 2 rings (SSSR count). The van der Waals surface area contributed by atoms with Crippen LogP contribution in [0.15, 0.2) is 30.5 Å². The second-order valence-electron chi connectivity index (χ2n) is 3.38. The number of hydrogen-bond donors (Lipinski definition) is 0. The predicted molar refractivity (Wildman–Crippen MR) is 57.6 cm³/mol. The zero-order valence-corrected chi connectivity index (χ0v) is 8.36. The Labute approximate surface area is 87.3 Å². The topological polar surface area (TPSA) is 39.1 Å². The SMILES string of the molecule is CC(=O)n1cc(C[C]=O)c2ccccc21. The number of carbonyl (C=O) groups excluding carboxylic acids is 2. The molecule has 75 valence electrons. The van der Waals surface area contributed by atoms with Gasteiger partial charge in [-0.1, -0.05) is 18.2 Å². The molecule has 0 spiro atoms. The zero-order valence-electron chi connectivity index (χ0n) is 8.36. The lowest BCUT2D eigenvalue weighted by atomic mass is 10.1. The van der Waals surface area contributed by atoms with Gasteiger partial charge in [-0.2, -0.15) is 0 Å². The third kappa shape index (κ3) is 1.56. The van der Waals surface area contributed by atoms with Gasteiger partial charge in [0.25, 0.3) is 0 Å². The van der Waals surface area contributed by atoms with E-state index in [1.807, 2.05) is 30.6 Å². The van der Waals surface area contributed by atoms with E-state index in [4.69, 9.17) is 0 Å². The Morgan fingerprint density at radius 1 is 1.40 bits per heavy atom. The molecule has 2 aromatic rings. The molecular formula is C12H10NO2. The molecule has 3 nitrogen and oxygen atoms in total. The average Bonchev–Trinajstić information content (AvgIpc) is 2.59. The molecule has 0 aliphatic heterocycles. The van der Waals surface area contributed by atoms with Gasteiger partial charge in [0.1, 0.15) is 0 Å². The Morgan fingerprint density at radius 3 is 2.80 bits per heavy atom. The fourth-order valence-electron chi connectivity index (χ4n) is 1.73. The third-order valence-corrected chi connectivity index (χ3v) is 2.40. The first kappa shape index (κ1) is 9.65. The van der Waals surface area contributed by atoms with E-state index in [-0.39, 0.29) is 12.3 Å². The molecule has 0 aliphatic rings. The van der Waals surface area contributed by atoms with Gasteiger partial charge in [-0.3, -0.25) is 14.2 Å². The van der Waals surface area contributed by atoms with E-state index in [1.54, 1.807) is 10.8 Å². The average molecular weight is 200 g/mol. The van der Waals surface area contributed by atoms with E-state index in [9.17, 15) is 9.59 Å². The van der Waals surface area contributed by atoms with E-state index < -0.39 is 0 Å². The van der Waals surface area contributed by atoms with Crippen molar-refractivity contribution in [2.75, 3.05) is 0 Å². The second kappa shape index (κ2) is 3.69. The maximum Gasteiger partial charge on any atom is 0.227 e. The van der Waals surface area contributed by atoms with Crippen molar-refractivity contribution in [1.29, 1.82) is 0 Å². The maximum atomic E-state index is 11.3. The molecule has 0 unspecified atom stereocenters. The van der Waals surface area contributed by atoms with Gasteiger partial charge in [0.05, 0.1) is 5.52 Å². The summed E-state index contributed by atoms with van der Waals surface area (Å²) in [7, 11) is 0. The number of rotatable bonds is 2. The summed E-state index contributed by atoms with van der Waals surface area (Å²) in [4.78, 5) is 21.7. The van der Waals surface area contributed by atoms with Gasteiger partial charge in [-0.15, -0.1) is 0 Å². The van der Waals surface area contributed by atoms with Crippen LogP contribution in [0.3, 0.4) is 0 Å². The number of aromatic nitrogens is 1. The van der Waals surface area contributed by atoms with Crippen molar-refractivity contribution < 1.29 is 9.59 Å². The number of hydrogen-bond acceptors (Lipinski definition) is 2. The monoisotopic (exact) mass is 200 g/mol. The number of para-hydroxylation sites is 1. The summed E-state index contributed by atoms with van der Waals surface area (Å²) in [6, 6.07) is 7.53. The molecular weight excluding hydrogens is 190 g/mol. The third-order valence-electron chi connectivity index (χ3n) is 2.40. The number of benzene rings is 1. The fourth-order valence-corrected chi connectivity index (χ4v) is 1.73. The van der Waals surface area contributed by atoms with E-state index in [0.717, 1.165) is 16.5 Å². The largest absolute Gasteiger partial charge is 0.291 e. The van der Waals surface area contributed by atoms with Gasteiger partial charge in [0, 0.05) is 24.9 Å². The lowest BCUT2D eigenvalue weighted by molar-refractivity contribution is 0.0941. The van der Waals surface area contributed by atoms with Crippen molar-refractivity contribution in [2.24, 2.45) is 0 Å². The van der Waals surface area contributed by atoms with E-state index in [0.29, 0.717) is 0 Å². The number of nitrogens with zero attached hydrogens (tertiary/aromatic N) is 1. The van der Waals surface area contributed by atoms with Gasteiger partial charge >= 0.3 is 0 Å². The molecule has 0 saturated heterocycles. The van der Waals surface area contributed by atoms with Crippen LogP contribution in [-0.2, 0) is 11.2 Å². The van der Waals surface area contributed by atoms with Crippen LogP contribution in [0.1, 0.15) is 17.3 Å². The highest BCUT2D eigenvalue weighted by Crippen LogP contribution is 2.21. The molecule has 1 heterocycles. The Kier molecular flexibility index (Phi) is 2.37. The van der Waals surface area contributed by atoms with Crippen LogP contribution in [0.25, 0.3) is 10.9 Å². The highest BCUT2D eigenvalue weighted by Gasteiger charge is 2.09. The lowest BCUT2D eigenvalue weighted by Gasteiger charge is -1.97. The Balaban J connectivity index is 2.72. The number of fused-ring (bicyclic) bond motifs is 1. The van der Waals surface area contributed by atoms with Crippen LogP contribution >= 0.6 is 0 Å². The van der Waals surface area contributed by atoms with Gasteiger partial charge in [0.2, 0.25) is 12.2 Å². The van der Waals surface area contributed by atoms with Crippen LogP contribution in [-0.4, -0.2) is 16.8 Å². The van der Waals surface area contributed by atoms with Crippen molar-refractivity contribution in [3.63, 3.8) is 0 Å². The first-order valence-corrected chi connectivity index (χ1v) is 4.69. The summed E-state index contributed by atoms with van der Waals surface area (Å²) in [5, 5.41) is 0.941. The van der Waals surface area contributed by atoms with Crippen LogP contribution < -0.4 is 0 Å². The van der Waals surface area contributed by atoms with Crippen LogP contribution in [0.5, 0.6) is 0 Å². The minimum absolute atomic E-state index is 0.0525. The highest BCUT2D eigenvalue weighted by molar-refractivity contribution is 5.94.